The molecule has 0 atom stereocenters. The van der Waals surface area contributed by atoms with Gasteiger partial charge in [0, 0.05) is 12.6 Å². The third-order valence-electron chi connectivity index (χ3n) is 4.83. The fraction of sp³-hybridized carbons (Fsp3) is 0.125. The van der Waals surface area contributed by atoms with E-state index < -0.39 is 23.4 Å². The lowest BCUT2D eigenvalue weighted by molar-refractivity contribution is -0.113. The summed E-state index contributed by atoms with van der Waals surface area (Å²) in [5, 5.41) is 11.1. The zero-order valence-corrected chi connectivity index (χ0v) is 18.2. The maximum absolute atomic E-state index is 14.4. The summed E-state index contributed by atoms with van der Waals surface area (Å²) in [5.41, 5.74) is 1.15. The SMILES string of the molecule is O=C(CSc1nnc(-c2ccccc2F)n1CCc1ccccc1)Nc1cc(F)ccc1F. The molecule has 9 heteroatoms. The maximum atomic E-state index is 14.4. The van der Waals surface area contributed by atoms with Crippen molar-refractivity contribution in [2.75, 3.05) is 11.1 Å². The van der Waals surface area contributed by atoms with Crippen LogP contribution in [0.3, 0.4) is 0 Å². The van der Waals surface area contributed by atoms with Crippen molar-refractivity contribution in [3.8, 4) is 11.4 Å². The van der Waals surface area contributed by atoms with Crippen LogP contribution < -0.4 is 5.32 Å². The Morgan fingerprint density at radius 3 is 2.45 bits per heavy atom. The smallest absolute Gasteiger partial charge is 0.234 e. The van der Waals surface area contributed by atoms with Gasteiger partial charge in [-0.1, -0.05) is 54.2 Å². The van der Waals surface area contributed by atoms with E-state index >= 15 is 0 Å². The third kappa shape index (κ3) is 5.61. The topological polar surface area (TPSA) is 59.8 Å². The third-order valence-corrected chi connectivity index (χ3v) is 5.80. The molecule has 0 aliphatic rings. The van der Waals surface area contributed by atoms with Crippen molar-refractivity contribution in [3.05, 3.63) is 95.8 Å². The van der Waals surface area contributed by atoms with Crippen LogP contribution in [-0.2, 0) is 17.8 Å². The summed E-state index contributed by atoms with van der Waals surface area (Å²) >= 11 is 1.08. The molecule has 168 valence electrons. The first-order chi connectivity index (χ1) is 16.0. The number of hydrogen-bond donors (Lipinski definition) is 1. The van der Waals surface area contributed by atoms with Gasteiger partial charge in [0.05, 0.1) is 17.0 Å². The lowest BCUT2D eigenvalue weighted by Crippen LogP contribution is -2.16. The van der Waals surface area contributed by atoms with Gasteiger partial charge in [0.2, 0.25) is 5.91 Å². The number of aryl methyl sites for hydroxylation is 1. The molecule has 5 nitrogen and oxygen atoms in total. The van der Waals surface area contributed by atoms with E-state index in [9.17, 15) is 18.0 Å². The van der Waals surface area contributed by atoms with E-state index in [-0.39, 0.29) is 11.4 Å². The Bertz CT molecular complexity index is 1260. The van der Waals surface area contributed by atoms with Crippen LogP contribution in [-0.4, -0.2) is 26.4 Å². The zero-order valence-electron chi connectivity index (χ0n) is 17.3. The summed E-state index contributed by atoms with van der Waals surface area (Å²) < 4.78 is 43.3. The maximum Gasteiger partial charge on any atom is 0.234 e. The van der Waals surface area contributed by atoms with Crippen molar-refractivity contribution >= 4 is 23.4 Å². The monoisotopic (exact) mass is 468 g/mol. The molecule has 0 spiro atoms. The van der Waals surface area contributed by atoms with Crippen molar-refractivity contribution < 1.29 is 18.0 Å². The Kier molecular flexibility index (Phi) is 7.09. The van der Waals surface area contributed by atoms with Gasteiger partial charge >= 0.3 is 0 Å². The first-order valence-corrected chi connectivity index (χ1v) is 11.1. The highest BCUT2D eigenvalue weighted by Crippen LogP contribution is 2.27. The number of carbonyl (C=O) groups excluding carboxylic acids is 1. The number of nitrogens with one attached hydrogen (secondary N) is 1. The number of nitrogens with zero attached hydrogens (tertiary/aromatic N) is 3. The Hall–Kier alpha value is -3.59. The molecule has 1 aromatic heterocycles. The van der Waals surface area contributed by atoms with Gasteiger partial charge in [0.15, 0.2) is 11.0 Å². The molecule has 4 aromatic rings. The van der Waals surface area contributed by atoms with Crippen LogP contribution in [0.4, 0.5) is 18.9 Å². The van der Waals surface area contributed by atoms with Crippen LogP contribution in [0, 0.1) is 17.5 Å². The molecule has 0 radical (unpaired) electrons. The molecule has 0 bridgehead atoms. The number of amides is 1. The fourth-order valence-corrected chi connectivity index (χ4v) is 4.00. The van der Waals surface area contributed by atoms with E-state index in [0.717, 1.165) is 35.5 Å². The lowest BCUT2D eigenvalue weighted by Gasteiger charge is -2.11. The summed E-state index contributed by atoms with van der Waals surface area (Å²) in [7, 11) is 0. The molecule has 3 aromatic carbocycles. The molecular formula is C24H19F3N4OS. The minimum Gasteiger partial charge on any atom is -0.323 e. The minimum absolute atomic E-state index is 0.114. The number of rotatable bonds is 8. The van der Waals surface area contributed by atoms with Crippen LogP contribution in [0.15, 0.2) is 78.0 Å². The van der Waals surface area contributed by atoms with Crippen molar-refractivity contribution in [1.29, 1.82) is 0 Å². The Balaban J connectivity index is 1.53. The number of benzene rings is 3. The Morgan fingerprint density at radius 2 is 1.67 bits per heavy atom. The van der Waals surface area contributed by atoms with Gasteiger partial charge in [-0.25, -0.2) is 13.2 Å². The number of aromatic nitrogens is 3. The van der Waals surface area contributed by atoms with Gasteiger partial charge in [0.1, 0.15) is 17.5 Å². The molecule has 1 N–H and O–H groups in total. The molecule has 1 amide bonds. The van der Waals surface area contributed by atoms with Gasteiger partial charge in [-0.05, 0) is 36.2 Å². The van der Waals surface area contributed by atoms with Crippen LogP contribution in [0.25, 0.3) is 11.4 Å². The molecular weight excluding hydrogens is 449 g/mol. The average Bonchev–Trinajstić information content (AvgIpc) is 3.22. The van der Waals surface area contributed by atoms with Gasteiger partial charge in [-0.3, -0.25) is 4.79 Å². The quantitative estimate of drug-likeness (QED) is 0.355. The molecule has 0 aliphatic carbocycles. The number of thioether (sulfide) groups is 1. The van der Waals surface area contributed by atoms with E-state index in [1.807, 2.05) is 30.3 Å². The number of halogens is 3. The Labute approximate surface area is 192 Å². The van der Waals surface area contributed by atoms with Gasteiger partial charge in [-0.15, -0.1) is 10.2 Å². The number of carbonyl (C=O) groups is 1. The summed E-state index contributed by atoms with van der Waals surface area (Å²) in [4.78, 5) is 12.3. The molecule has 0 fully saturated rings. The highest BCUT2D eigenvalue weighted by molar-refractivity contribution is 7.99. The highest BCUT2D eigenvalue weighted by Gasteiger charge is 2.18. The minimum atomic E-state index is -0.734. The van der Waals surface area contributed by atoms with Crippen molar-refractivity contribution in [2.24, 2.45) is 0 Å². The molecule has 1 heterocycles. The summed E-state index contributed by atoms with van der Waals surface area (Å²) in [6.07, 6.45) is 0.647. The van der Waals surface area contributed by atoms with Crippen LogP contribution in [0.2, 0.25) is 0 Å². The second-order valence-corrected chi connectivity index (χ2v) is 8.08. The Morgan fingerprint density at radius 1 is 0.909 bits per heavy atom. The number of hydrogen-bond acceptors (Lipinski definition) is 4. The second-order valence-electron chi connectivity index (χ2n) is 7.13. The highest BCUT2D eigenvalue weighted by atomic mass is 32.2. The largest absolute Gasteiger partial charge is 0.323 e. The number of anilines is 1. The van der Waals surface area contributed by atoms with E-state index in [4.69, 9.17) is 0 Å². The van der Waals surface area contributed by atoms with Crippen LogP contribution in [0.5, 0.6) is 0 Å². The molecule has 33 heavy (non-hydrogen) atoms. The summed E-state index contributed by atoms with van der Waals surface area (Å²) in [6.45, 7) is 0.461. The molecule has 4 rings (SSSR count). The summed E-state index contributed by atoms with van der Waals surface area (Å²) in [5.74, 6) is -2.12. The first-order valence-electron chi connectivity index (χ1n) is 10.1. The standard InChI is InChI=1S/C24H19F3N4OS/c25-17-10-11-20(27)21(14-17)28-22(32)15-33-24-30-29-23(18-8-4-5-9-19(18)26)31(24)13-12-16-6-2-1-3-7-16/h1-11,14H,12-13,15H2,(H,28,32). The zero-order chi connectivity index (χ0) is 23.2. The van der Waals surface area contributed by atoms with Crippen LogP contribution in [0.1, 0.15) is 5.56 Å². The molecule has 0 saturated carbocycles. The normalized spacial score (nSPS) is 10.9. The molecule has 0 aliphatic heterocycles. The van der Waals surface area contributed by atoms with E-state index in [0.29, 0.717) is 29.5 Å². The second kappa shape index (κ2) is 10.4. The van der Waals surface area contributed by atoms with E-state index in [1.54, 1.807) is 22.8 Å². The molecule has 0 unspecified atom stereocenters. The van der Waals surface area contributed by atoms with Crippen molar-refractivity contribution in [1.82, 2.24) is 14.8 Å². The lowest BCUT2D eigenvalue weighted by atomic mass is 10.1. The van der Waals surface area contributed by atoms with Crippen molar-refractivity contribution in [2.45, 2.75) is 18.1 Å². The average molecular weight is 469 g/mol. The van der Waals surface area contributed by atoms with Crippen LogP contribution >= 0.6 is 11.8 Å². The fourth-order valence-electron chi connectivity index (χ4n) is 3.23. The first kappa shape index (κ1) is 22.6. The predicted molar refractivity (Wildman–Crippen MR) is 121 cm³/mol. The van der Waals surface area contributed by atoms with E-state index in [2.05, 4.69) is 15.5 Å². The molecule has 0 saturated heterocycles. The van der Waals surface area contributed by atoms with E-state index in [1.165, 1.54) is 6.07 Å². The van der Waals surface area contributed by atoms with Crippen molar-refractivity contribution in [3.63, 3.8) is 0 Å². The predicted octanol–water partition coefficient (Wildman–Crippen LogP) is 5.34. The summed E-state index contributed by atoms with van der Waals surface area (Å²) in [6, 6.07) is 18.9. The van der Waals surface area contributed by atoms with Gasteiger partial charge < -0.3 is 9.88 Å². The van der Waals surface area contributed by atoms with Gasteiger partial charge in [-0.2, -0.15) is 0 Å². The van der Waals surface area contributed by atoms with Gasteiger partial charge in [0.25, 0.3) is 0 Å².